The lowest BCUT2D eigenvalue weighted by molar-refractivity contribution is -0.134. The van der Waals surface area contributed by atoms with Crippen LogP contribution in [-0.2, 0) is 4.79 Å². The lowest BCUT2D eigenvalue weighted by Crippen LogP contribution is -2.07. The van der Waals surface area contributed by atoms with Crippen LogP contribution in [0.5, 0.6) is 17.2 Å². The summed E-state index contributed by atoms with van der Waals surface area (Å²) in [4.78, 5) is 20.9. The van der Waals surface area contributed by atoms with E-state index in [0.29, 0.717) is 22.9 Å². The van der Waals surface area contributed by atoms with Gasteiger partial charge in [0.05, 0.1) is 17.3 Å². The minimum Gasteiger partial charge on any atom is -0.507 e. The number of thiazole rings is 1. The van der Waals surface area contributed by atoms with Gasteiger partial charge in [-0.05, 0) is 36.8 Å². The van der Waals surface area contributed by atoms with E-state index in [1.807, 2.05) is 18.2 Å². The highest BCUT2D eigenvalue weighted by Gasteiger charge is 2.08. The molecule has 0 radical (unpaired) electrons. The summed E-state index contributed by atoms with van der Waals surface area (Å²) in [7, 11) is 1.63. The van der Waals surface area contributed by atoms with Gasteiger partial charge in [0.1, 0.15) is 17.2 Å². The van der Waals surface area contributed by atoms with Crippen molar-refractivity contribution in [1.29, 1.82) is 0 Å². The molecule has 6 nitrogen and oxygen atoms in total. The molecule has 0 saturated carbocycles. The monoisotopic (exact) mass is 468 g/mol. The van der Waals surface area contributed by atoms with Crippen LogP contribution < -0.4 is 9.47 Å². The number of carbonyl (C=O) groups excluding carboxylic acids is 1. The molecule has 0 atom stereocenters. The summed E-state index contributed by atoms with van der Waals surface area (Å²) >= 11 is 1.44. The Morgan fingerprint density at radius 1 is 1.03 bits per heavy atom. The molecule has 0 aliphatic carbocycles. The molecule has 2 aromatic carbocycles. The van der Waals surface area contributed by atoms with Crippen molar-refractivity contribution in [2.24, 2.45) is 4.99 Å². The lowest BCUT2D eigenvalue weighted by Gasteiger charge is -2.06. The van der Waals surface area contributed by atoms with E-state index in [4.69, 9.17) is 9.47 Å². The molecule has 0 fully saturated rings. The maximum absolute atomic E-state index is 12.1. The number of hydrogen-bond donors (Lipinski definition) is 1. The molecule has 0 spiro atoms. The van der Waals surface area contributed by atoms with E-state index in [1.165, 1.54) is 49.5 Å². The van der Waals surface area contributed by atoms with Crippen LogP contribution >= 0.6 is 11.3 Å². The molecule has 1 aromatic heterocycles. The summed E-state index contributed by atoms with van der Waals surface area (Å²) in [5, 5.41) is 10.9. The molecule has 1 N–H and O–H groups in total. The number of hydrogen-bond acceptors (Lipinski definition) is 7. The number of ether oxygens (including phenoxy) is 2. The van der Waals surface area contributed by atoms with Crippen LogP contribution in [0.25, 0.3) is 10.2 Å². The standard InChI is InChI=1S/C26H32N2O4S/c1-3-4-5-6-7-8-9-10-11-25(30)32-21-13-12-19(23(29)16-21)18-27-26-28-22-15-14-20(31-2)17-24(22)33-26/h12-18,29H,3-11H2,1-2H3/b27-18+. The summed E-state index contributed by atoms with van der Waals surface area (Å²) in [6.07, 6.45) is 11.4. The first kappa shape index (κ1) is 24.7. The molecule has 0 unspecified atom stereocenters. The molecule has 0 aliphatic heterocycles. The number of benzene rings is 2. The number of methoxy groups -OCH3 is 1. The van der Waals surface area contributed by atoms with E-state index < -0.39 is 0 Å². The molecule has 1 heterocycles. The van der Waals surface area contributed by atoms with Crippen molar-refractivity contribution in [3.63, 3.8) is 0 Å². The summed E-state index contributed by atoms with van der Waals surface area (Å²) in [6, 6.07) is 10.4. The molecule has 176 valence electrons. The first-order valence-corrected chi connectivity index (χ1v) is 12.4. The van der Waals surface area contributed by atoms with E-state index >= 15 is 0 Å². The lowest BCUT2D eigenvalue weighted by atomic mass is 10.1. The van der Waals surface area contributed by atoms with Crippen LogP contribution in [-0.4, -0.2) is 29.4 Å². The van der Waals surface area contributed by atoms with Crippen molar-refractivity contribution in [1.82, 2.24) is 4.98 Å². The Morgan fingerprint density at radius 2 is 1.76 bits per heavy atom. The third-order valence-electron chi connectivity index (χ3n) is 5.37. The number of phenols is 1. The topological polar surface area (TPSA) is 81.0 Å². The minimum absolute atomic E-state index is 0.00101. The first-order valence-electron chi connectivity index (χ1n) is 11.6. The van der Waals surface area contributed by atoms with Gasteiger partial charge in [-0.2, -0.15) is 0 Å². The van der Waals surface area contributed by atoms with Gasteiger partial charge in [-0.25, -0.2) is 9.98 Å². The Morgan fingerprint density at radius 3 is 2.48 bits per heavy atom. The molecule has 0 aliphatic rings. The predicted molar refractivity (Wildman–Crippen MR) is 134 cm³/mol. The zero-order valence-electron chi connectivity index (χ0n) is 19.4. The van der Waals surface area contributed by atoms with Crippen molar-refractivity contribution >= 4 is 38.9 Å². The van der Waals surface area contributed by atoms with Crippen molar-refractivity contribution in [2.75, 3.05) is 7.11 Å². The van der Waals surface area contributed by atoms with Crippen molar-refractivity contribution in [2.45, 2.75) is 64.7 Å². The molecular weight excluding hydrogens is 436 g/mol. The Labute approximate surface area is 199 Å². The highest BCUT2D eigenvalue weighted by molar-refractivity contribution is 7.22. The van der Waals surface area contributed by atoms with E-state index in [9.17, 15) is 9.90 Å². The van der Waals surface area contributed by atoms with E-state index in [0.717, 1.165) is 35.2 Å². The molecule has 0 bridgehead atoms. The quantitative estimate of drug-likeness (QED) is 0.124. The molecule has 0 amide bonds. The van der Waals surface area contributed by atoms with Gasteiger partial charge in [0.2, 0.25) is 5.13 Å². The second-order valence-electron chi connectivity index (χ2n) is 8.01. The zero-order valence-corrected chi connectivity index (χ0v) is 20.2. The summed E-state index contributed by atoms with van der Waals surface area (Å²) in [5.74, 6) is 0.832. The third-order valence-corrected chi connectivity index (χ3v) is 6.29. The maximum atomic E-state index is 12.1. The normalized spacial score (nSPS) is 11.3. The fourth-order valence-electron chi connectivity index (χ4n) is 3.48. The zero-order chi connectivity index (χ0) is 23.5. The average Bonchev–Trinajstić information content (AvgIpc) is 3.22. The highest BCUT2D eigenvalue weighted by atomic mass is 32.1. The molecular formula is C26H32N2O4S. The largest absolute Gasteiger partial charge is 0.507 e. The third kappa shape index (κ3) is 7.86. The van der Waals surface area contributed by atoms with E-state index in [2.05, 4.69) is 16.9 Å². The minimum atomic E-state index is -0.272. The number of aromatic hydroxyl groups is 1. The summed E-state index contributed by atoms with van der Waals surface area (Å²) < 4.78 is 11.6. The summed E-state index contributed by atoms with van der Waals surface area (Å²) in [5.41, 5.74) is 1.37. The SMILES string of the molecule is CCCCCCCCCCC(=O)Oc1ccc(/C=N/c2nc3ccc(OC)cc3s2)c(O)c1. The number of phenolic OH excluding ortho intramolecular Hbond substituents is 1. The van der Waals surface area contributed by atoms with Crippen LogP contribution in [0.3, 0.4) is 0 Å². The average molecular weight is 469 g/mol. The van der Waals surface area contributed by atoms with Gasteiger partial charge in [-0.3, -0.25) is 4.79 Å². The van der Waals surface area contributed by atoms with Crippen molar-refractivity contribution in [3.05, 3.63) is 42.0 Å². The van der Waals surface area contributed by atoms with Gasteiger partial charge in [-0.1, -0.05) is 63.2 Å². The number of fused-ring (bicyclic) bond motifs is 1. The molecule has 33 heavy (non-hydrogen) atoms. The first-order chi connectivity index (χ1) is 16.1. The fraction of sp³-hybridized carbons (Fsp3) is 0.423. The molecule has 0 saturated heterocycles. The summed E-state index contributed by atoms with van der Waals surface area (Å²) in [6.45, 7) is 2.22. The van der Waals surface area contributed by atoms with Crippen LogP contribution in [0.15, 0.2) is 41.4 Å². The molecule has 7 heteroatoms. The van der Waals surface area contributed by atoms with Crippen molar-refractivity contribution < 1.29 is 19.4 Å². The number of rotatable bonds is 13. The van der Waals surface area contributed by atoms with Crippen LogP contribution in [0, 0.1) is 0 Å². The second kappa shape index (κ2) is 12.9. The van der Waals surface area contributed by atoms with Gasteiger partial charge in [-0.15, -0.1) is 0 Å². The van der Waals surface area contributed by atoms with Crippen molar-refractivity contribution in [3.8, 4) is 17.2 Å². The smallest absolute Gasteiger partial charge is 0.311 e. The number of unbranched alkanes of at least 4 members (excludes halogenated alkanes) is 7. The number of nitrogens with zero attached hydrogens (tertiary/aromatic N) is 2. The van der Waals surface area contributed by atoms with Crippen LogP contribution in [0.4, 0.5) is 5.13 Å². The highest BCUT2D eigenvalue weighted by Crippen LogP contribution is 2.31. The van der Waals surface area contributed by atoms with Gasteiger partial charge in [0.25, 0.3) is 0 Å². The number of esters is 1. The number of aromatic nitrogens is 1. The maximum Gasteiger partial charge on any atom is 0.311 e. The Kier molecular flexibility index (Phi) is 9.69. The molecule has 3 rings (SSSR count). The Balaban J connectivity index is 1.47. The van der Waals surface area contributed by atoms with E-state index in [1.54, 1.807) is 25.5 Å². The van der Waals surface area contributed by atoms with E-state index in [-0.39, 0.29) is 11.7 Å². The number of aliphatic imine (C=N–C) groups is 1. The van der Waals surface area contributed by atoms with Crippen LogP contribution in [0.2, 0.25) is 0 Å². The van der Waals surface area contributed by atoms with Crippen LogP contribution in [0.1, 0.15) is 70.3 Å². The second-order valence-corrected chi connectivity index (χ2v) is 9.02. The fourth-order valence-corrected chi connectivity index (χ4v) is 4.32. The molecule has 3 aromatic rings. The van der Waals surface area contributed by atoms with Gasteiger partial charge in [0, 0.05) is 24.3 Å². The van der Waals surface area contributed by atoms with Gasteiger partial charge >= 0.3 is 5.97 Å². The predicted octanol–water partition coefficient (Wildman–Crippen LogP) is 7.20. The van der Waals surface area contributed by atoms with Gasteiger partial charge < -0.3 is 14.6 Å². The number of carbonyl (C=O) groups is 1. The van der Waals surface area contributed by atoms with Gasteiger partial charge in [0.15, 0.2) is 0 Å². The Hall–Kier alpha value is -2.93. The Bertz CT molecular complexity index is 1080.